The van der Waals surface area contributed by atoms with Crippen LogP contribution in [0.1, 0.15) is 20.3 Å². The predicted octanol–water partition coefficient (Wildman–Crippen LogP) is -3.98. The van der Waals surface area contributed by atoms with Gasteiger partial charge in [0.15, 0.2) is 6.04 Å². The highest BCUT2D eigenvalue weighted by Crippen LogP contribution is 2.02. The summed E-state index contributed by atoms with van der Waals surface area (Å²) < 4.78 is 0. The monoisotopic (exact) mass is 438 g/mol. The first-order chi connectivity index (χ1) is 13.3. The lowest BCUT2D eigenvalue weighted by molar-refractivity contribution is -0.146. The van der Waals surface area contributed by atoms with Gasteiger partial charge in [-0.2, -0.15) is 12.6 Å². The summed E-state index contributed by atoms with van der Waals surface area (Å²) in [4.78, 5) is 58.6. The van der Waals surface area contributed by atoms with E-state index in [0.717, 1.165) is 13.8 Å². The predicted molar refractivity (Wildman–Crippen MR) is 101 cm³/mol. The van der Waals surface area contributed by atoms with Crippen LogP contribution in [0, 0.1) is 0 Å². The summed E-state index contributed by atoms with van der Waals surface area (Å²) in [6.07, 6.45) is -3.88. The number of aliphatic hydroxyl groups excluding tert-OH is 2. The Morgan fingerprint density at radius 2 is 1.34 bits per heavy atom. The molecule has 166 valence electrons. The van der Waals surface area contributed by atoms with Gasteiger partial charge in [0.25, 0.3) is 0 Å². The number of carbonyl (C=O) groups excluding carboxylic acids is 3. The van der Waals surface area contributed by atoms with Crippen molar-refractivity contribution in [1.29, 1.82) is 0 Å². The van der Waals surface area contributed by atoms with E-state index in [4.69, 9.17) is 15.9 Å². The van der Waals surface area contributed by atoms with Crippen LogP contribution in [0.15, 0.2) is 0 Å². The summed E-state index contributed by atoms with van der Waals surface area (Å²) in [5.41, 5.74) is 5.47. The molecule has 0 saturated heterocycles. The van der Waals surface area contributed by atoms with Crippen molar-refractivity contribution < 1.29 is 44.4 Å². The maximum atomic E-state index is 12.4. The topological polar surface area (TPSA) is 228 Å². The normalized spacial score (nSPS) is 17.0. The Hall–Kier alpha value is -2.42. The number of rotatable bonds is 12. The molecule has 14 heteroatoms. The number of amides is 3. The second-order valence-corrected chi connectivity index (χ2v) is 6.61. The molecule has 0 aliphatic carbocycles. The Balaban J connectivity index is 5.43. The molecule has 0 heterocycles. The number of hydrogen-bond acceptors (Lipinski definition) is 9. The van der Waals surface area contributed by atoms with E-state index in [2.05, 4.69) is 17.9 Å². The van der Waals surface area contributed by atoms with Gasteiger partial charge >= 0.3 is 11.9 Å². The van der Waals surface area contributed by atoms with Crippen molar-refractivity contribution in [3.63, 3.8) is 0 Å². The Morgan fingerprint density at radius 1 is 0.862 bits per heavy atom. The van der Waals surface area contributed by atoms with Crippen molar-refractivity contribution in [2.24, 2.45) is 5.73 Å². The van der Waals surface area contributed by atoms with Crippen molar-refractivity contribution in [2.45, 2.75) is 56.6 Å². The Bertz CT molecular complexity index is 629. The molecule has 0 aromatic carbocycles. The van der Waals surface area contributed by atoms with Gasteiger partial charge in [-0.05, 0) is 13.8 Å². The van der Waals surface area contributed by atoms with Crippen LogP contribution in [-0.4, -0.2) is 92.2 Å². The molecule has 6 unspecified atom stereocenters. The smallest absolute Gasteiger partial charge is 0.328 e. The van der Waals surface area contributed by atoms with Crippen molar-refractivity contribution >= 4 is 42.3 Å². The van der Waals surface area contributed by atoms with E-state index in [9.17, 15) is 34.2 Å². The van der Waals surface area contributed by atoms with Crippen LogP contribution in [0.25, 0.3) is 0 Å². The number of carboxylic acid groups (broad SMARTS) is 2. The molecule has 0 aliphatic heterocycles. The van der Waals surface area contributed by atoms with E-state index in [1.807, 2.05) is 10.6 Å². The fourth-order valence-electron chi connectivity index (χ4n) is 2.04. The zero-order valence-corrected chi connectivity index (χ0v) is 16.6. The highest BCUT2D eigenvalue weighted by atomic mass is 32.1. The van der Waals surface area contributed by atoms with E-state index in [1.54, 1.807) is 0 Å². The molecule has 9 N–H and O–H groups in total. The molecule has 6 atom stereocenters. The van der Waals surface area contributed by atoms with Crippen LogP contribution in [0.3, 0.4) is 0 Å². The third kappa shape index (κ3) is 9.08. The van der Waals surface area contributed by atoms with Crippen LogP contribution in [-0.2, 0) is 24.0 Å². The largest absolute Gasteiger partial charge is 0.481 e. The standard InChI is InChI=1S/C15H26N4O9S/c1-5(20)10(18-12(24)7(16)4-29)14(26)17-8(3-9(22)23)13(25)19-11(6(2)21)15(27)28/h5-8,10-11,20-21,29H,3-4,16H2,1-2H3,(H,17,26)(H,18,24)(H,19,25)(H,22,23)(H,27,28). The van der Waals surface area contributed by atoms with Gasteiger partial charge < -0.3 is 42.1 Å². The molecule has 29 heavy (non-hydrogen) atoms. The summed E-state index contributed by atoms with van der Waals surface area (Å²) in [5.74, 6) is -6.25. The molecule has 0 aromatic heterocycles. The fraction of sp³-hybridized carbons (Fsp3) is 0.667. The van der Waals surface area contributed by atoms with E-state index in [0.29, 0.717) is 0 Å². The number of aliphatic hydroxyl groups is 2. The number of aliphatic carboxylic acids is 2. The van der Waals surface area contributed by atoms with Gasteiger partial charge in [-0.25, -0.2) is 4.79 Å². The summed E-state index contributed by atoms with van der Waals surface area (Å²) in [7, 11) is 0. The quantitative estimate of drug-likeness (QED) is 0.134. The SMILES string of the molecule is CC(O)C(NC(=O)C(CC(=O)O)NC(=O)C(NC(=O)C(N)CS)C(C)O)C(=O)O. The molecular weight excluding hydrogens is 412 g/mol. The third-order valence-electron chi connectivity index (χ3n) is 3.65. The minimum atomic E-state index is -1.75. The maximum Gasteiger partial charge on any atom is 0.328 e. The summed E-state index contributed by atoms with van der Waals surface area (Å²) in [6, 6.07) is -6.17. The average Bonchev–Trinajstić information content (AvgIpc) is 2.60. The van der Waals surface area contributed by atoms with E-state index < -0.39 is 72.5 Å². The zero-order chi connectivity index (χ0) is 22.9. The van der Waals surface area contributed by atoms with E-state index in [1.165, 1.54) is 0 Å². The van der Waals surface area contributed by atoms with Gasteiger partial charge in [-0.3, -0.25) is 19.2 Å². The van der Waals surface area contributed by atoms with Crippen molar-refractivity contribution in [1.82, 2.24) is 16.0 Å². The molecule has 0 spiro atoms. The number of hydrogen-bond donors (Lipinski definition) is 9. The number of nitrogens with one attached hydrogen (secondary N) is 3. The molecule has 0 bridgehead atoms. The highest BCUT2D eigenvalue weighted by molar-refractivity contribution is 7.80. The molecule has 0 fully saturated rings. The van der Waals surface area contributed by atoms with Crippen molar-refractivity contribution in [3.8, 4) is 0 Å². The van der Waals surface area contributed by atoms with Gasteiger partial charge in [0, 0.05) is 5.75 Å². The molecular formula is C15H26N4O9S. The lowest BCUT2D eigenvalue weighted by Crippen LogP contribution is -2.60. The van der Waals surface area contributed by atoms with E-state index >= 15 is 0 Å². The van der Waals surface area contributed by atoms with Crippen LogP contribution >= 0.6 is 12.6 Å². The Morgan fingerprint density at radius 3 is 1.72 bits per heavy atom. The first kappa shape index (κ1) is 26.6. The molecule has 0 rings (SSSR count). The highest BCUT2D eigenvalue weighted by Gasteiger charge is 2.34. The van der Waals surface area contributed by atoms with Gasteiger partial charge in [0.05, 0.1) is 24.7 Å². The molecule has 0 aromatic rings. The van der Waals surface area contributed by atoms with Gasteiger partial charge in [-0.15, -0.1) is 0 Å². The minimum absolute atomic E-state index is 0.0556. The van der Waals surface area contributed by atoms with Crippen LogP contribution in [0.5, 0.6) is 0 Å². The number of nitrogens with two attached hydrogens (primary N) is 1. The molecule has 0 radical (unpaired) electrons. The van der Waals surface area contributed by atoms with Crippen molar-refractivity contribution in [3.05, 3.63) is 0 Å². The summed E-state index contributed by atoms with van der Waals surface area (Å²) in [5, 5.41) is 43.2. The van der Waals surface area contributed by atoms with Gasteiger partial charge in [0.2, 0.25) is 17.7 Å². The minimum Gasteiger partial charge on any atom is -0.481 e. The van der Waals surface area contributed by atoms with Crippen molar-refractivity contribution in [2.75, 3.05) is 5.75 Å². The van der Waals surface area contributed by atoms with E-state index in [-0.39, 0.29) is 5.75 Å². The average molecular weight is 438 g/mol. The van der Waals surface area contributed by atoms with Crippen LogP contribution in [0.2, 0.25) is 0 Å². The summed E-state index contributed by atoms with van der Waals surface area (Å²) >= 11 is 3.83. The molecule has 0 saturated carbocycles. The molecule has 3 amide bonds. The zero-order valence-electron chi connectivity index (χ0n) is 15.7. The summed E-state index contributed by atoms with van der Waals surface area (Å²) in [6.45, 7) is 2.25. The van der Waals surface area contributed by atoms with Crippen LogP contribution in [0.4, 0.5) is 0 Å². The third-order valence-corrected chi connectivity index (χ3v) is 4.05. The number of thiol groups is 1. The Kier molecular flexibility index (Phi) is 11.2. The molecule has 13 nitrogen and oxygen atoms in total. The maximum absolute atomic E-state index is 12.4. The Labute approximate surface area is 171 Å². The second-order valence-electron chi connectivity index (χ2n) is 6.24. The fourth-order valence-corrected chi connectivity index (χ4v) is 2.20. The second kappa shape index (κ2) is 12.2. The van der Waals surface area contributed by atoms with Gasteiger partial charge in [-0.1, -0.05) is 0 Å². The number of carboxylic acids is 2. The van der Waals surface area contributed by atoms with Crippen LogP contribution < -0.4 is 21.7 Å². The lowest BCUT2D eigenvalue weighted by Gasteiger charge is -2.26. The first-order valence-corrected chi connectivity index (χ1v) is 9.03. The lowest BCUT2D eigenvalue weighted by atomic mass is 10.1. The van der Waals surface area contributed by atoms with Gasteiger partial charge in [0.1, 0.15) is 12.1 Å². The molecule has 0 aliphatic rings. The number of carbonyl (C=O) groups is 5. The first-order valence-electron chi connectivity index (χ1n) is 8.40.